The van der Waals surface area contributed by atoms with Crippen LogP contribution >= 0.6 is 0 Å². The van der Waals surface area contributed by atoms with Gasteiger partial charge in [0.1, 0.15) is 0 Å². The summed E-state index contributed by atoms with van der Waals surface area (Å²) in [6.45, 7) is 2.00. The van der Waals surface area contributed by atoms with Gasteiger partial charge in [-0.3, -0.25) is 4.18 Å². The van der Waals surface area contributed by atoms with Crippen LogP contribution in [0, 0.1) is 6.92 Å². The maximum Gasteiger partial charge on any atom is 0.480 e. The maximum absolute atomic E-state index is 11.8. The molecule has 0 aliphatic carbocycles. The molecular formula is C13H19BO5S. The van der Waals surface area contributed by atoms with Gasteiger partial charge < -0.3 is 10.0 Å². The van der Waals surface area contributed by atoms with Crippen LogP contribution in [0.25, 0.3) is 0 Å². The minimum atomic E-state index is -3.68. The Morgan fingerprint density at radius 2 is 1.85 bits per heavy atom. The van der Waals surface area contributed by atoms with Crippen LogP contribution in [-0.2, 0) is 14.3 Å². The lowest BCUT2D eigenvalue weighted by molar-refractivity contribution is 0.309. The summed E-state index contributed by atoms with van der Waals surface area (Å²) in [4.78, 5) is 0.159. The molecule has 5 nitrogen and oxygen atoms in total. The molecule has 0 saturated heterocycles. The highest BCUT2D eigenvalue weighted by Gasteiger charge is 2.13. The average Bonchev–Trinajstić information content (AvgIpc) is 2.37. The fourth-order valence-corrected chi connectivity index (χ4v) is 2.47. The number of benzene rings is 1. The van der Waals surface area contributed by atoms with Gasteiger partial charge in [0.2, 0.25) is 0 Å². The van der Waals surface area contributed by atoms with Crippen molar-refractivity contribution < 1.29 is 22.6 Å². The van der Waals surface area contributed by atoms with E-state index in [4.69, 9.17) is 14.2 Å². The summed E-state index contributed by atoms with van der Waals surface area (Å²) in [5.41, 5.74) is 0.988. The Kier molecular flexibility index (Phi) is 6.94. The number of allylic oxidation sites excluding steroid dienone is 1. The van der Waals surface area contributed by atoms with Gasteiger partial charge in [-0.15, -0.1) is 0 Å². The Bertz CT molecular complexity index is 522. The van der Waals surface area contributed by atoms with Gasteiger partial charge in [0, 0.05) is 0 Å². The first-order valence-electron chi connectivity index (χ1n) is 6.41. The number of rotatable bonds is 8. The van der Waals surface area contributed by atoms with Crippen molar-refractivity contribution in [3.63, 3.8) is 0 Å². The lowest BCUT2D eigenvalue weighted by atomic mass is 9.91. The zero-order valence-corrected chi connectivity index (χ0v) is 12.2. The van der Waals surface area contributed by atoms with Crippen LogP contribution in [0.1, 0.15) is 24.8 Å². The Hall–Kier alpha value is -1.15. The van der Waals surface area contributed by atoms with E-state index in [-0.39, 0.29) is 11.5 Å². The molecule has 1 rings (SSSR count). The second kappa shape index (κ2) is 8.21. The highest BCUT2D eigenvalue weighted by molar-refractivity contribution is 7.86. The fourth-order valence-electron chi connectivity index (χ4n) is 1.52. The second-order valence-electron chi connectivity index (χ2n) is 4.43. The highest BCUT2D eigenvalue weighted by Crippen LogP contribution is 2.13. The summed E-state index contributed by atoms with van der Waals surface area (Å²) in [5.74, 6) is 1.27. The molecule has 0 saturated carbocycles. The van der Waals surface area contributed by atoms with Gasteiger partial charge in [-0.25, -0.2) is 0 Å². The van der Waals surface area contributed by atoms with E-state index in [0.29, 0.717) is 19.3 Å². The van der Waals surface area contributed by atoms with E-state index in [9.17, 15) is 8.42 Å². The molecule has 0 heterocycles. The predicted molar refractivity (Wildman–Crippen MR) is 77.5 cm³/mol. The van der Waals surface area contributed by atoms with E-state index in [2.05, 4.69) is 0 Å². The third kappa shape index (κ3) is 6.34. The number of hydrogen-bond donors (Lipinski definition) is 2. The summed E-state index contributed by atoms with van der Waals surface area (Å²) < 4.78 is 28.6. The van der Waals surface area contributed by atoms with E-state index in [0.717, 1.165) is 5.56 Å². The molecule has 0 aliphatic rings. The molecule has 0 aromatic heterocycles. The van der Waals surface area contributed by atoms with Crippen molar-refractivity contribution in [2.45, 2.75) is 31.1 Å². The number of unbranched alkanes of at least 4 members (excludes halogenated alkanes) is 2. The third-order valence-corrected chi connectivity index (χ3v) is 3.95. The Morgan fingerprint density at radius 3 is 2.45 bits per heavy atom. The molecule has 7 heteroatoms. The van der Waals surface area contributed by atoms with Crippen molar-refractivity contribution in [2.75, 3.05) is 6.61 Å². The minimum Gasteiger partial charge on any atom is -0.424 e. The van der Waals surface area contributed by atoms with Crippen molar-refractivity contribution in [2.24, 2.45) is 0 Å². The standard InChI is InChI=1S/C13H19BO5S/c1-12-6-8-13(9-7-12)20(17,18)19-11-5-3-2-4-10-14(15)16/h4,6-10,15-16H,2-3,5,11H2,1H3/b10-4+. The minimum absolute atomic E-state index is 0.117. The molecule has 20 heavy (non-hydrogen) atoms. The molecule has 2 N–H and O–H groups in total. The fraction of sp³-hybridized carbons (Fsp3) is 0.385. The van der Waals surface area contributed by atoms with E-state index in [1.807, 2.05) is 6.92 Å². The quantitative estimate of drug-likeness (QED) is 0.431. The largest absolute Gasteiger partial charge is 0.480 e. The van der Waals surface area contributed by atoms with Crippen molar-refractivity contribution in [3.05, 3.63) is 41.9 Å². The molecule has 0 atom stereocenters. The highest BCUT2D eigenvalue weighted by atomic mass is 32.2. The van der Waals surface area contributed by atoms with Gasteiger partial charge in [0.15, 0.2) is 0 Å². The summed E-state index contributed by atoms with van der Waals surface area (Å²) in [7, 11) is -5.12. The van der Waals surface area contributed by atoms with Crippen LogP contribution in [0.5, 0.6) is 0 Å². The smallest absolute Gasteiger partial charge is 0.424 e. The van der Waals surface area contributed by atoms with Gasteiger partial charge >= 0.3 is 7.12 Å². The van der Waals surface area contributed by atoms with Gasteiger partial charge in [0.05, 0.1) is 11.5 Å². The van der Waals surface area contributed by atoms with Crippen LogP contribution in [0.2, 0.25) is 0 Å². The molecule has 0 bridgehead atoms. The van der Waals surface area contributed by atoms with Crippen molar-refractivity contribution in [1.82, 2.24) is 0 Å². The molecule has 0 spiro atoms. The van der Waals surface area contributed by atoms with Crippen LogP contribution < -0.4 is 0 Å². The lowest BCUT2D eigenvalue weighted by Crippen LogP contribution is -2.07. The first kappa shape index (κ1) is 16.9. The van der Waals surface area contributed by atoms with Crippen LogP contribution in [-0.4, -0.2) is 32.2 Å². The molecule has 0 amide bonds. The first-order chi connectivity index (χ1) is 9.42. The molecule has 1 aromatic rings. The molecule has 0 unspecified atom stereocenters. The van der Waals surface area contributed by atoms with Gasteiger partial charge in [-0.1, -0.05) is 29.7 Å². The molecular weight excluding hydrogens is 279 g/mol. The normalized spacial score (nSPS) is 11.9. The molecule has 0 radical (unpaired) electrons. The number of aryl methyl sites for hydroxylation is 1. The van der Waals surface area contributed by atoms with Gasteiger partial charge in [0.25, 0.3) is 10.1 Å². The first-order valence-corrected chi connectivity index (χ1v) is 7.81. The Morgan fingerprint density at radius 1 is 1.20 bits per heavy atom. The van der Waals surface area contributed by atoms with Crippen LogP contribution in [0.3, 0.4) is 0 Å². The summed E-state index contributed by atoms with van der Waals surface area (Å²) in [6.07, 6.45) is 3.58. The second-order valence-corrected chi connectivity index (χ2v) is 6.04. The van der Waals surface area contributed by atoms with E-state index >= 15 is 0 Å². The van der Waals surface area contributed by atoms with E-state index in [1.54, 1.807) is 18.2 Å². The van der Waals surface area contributed by atoms with Crippen molar-refractivity contribution in [3.8, 4) is 0 Å². The monoisotopic (exact) mass is 298 g/mol. The lowest BCUT2D eigenvalue weighted by Gasteiger charge is -2.05. The van der Waals surface area contributed by atoms with Crippen LogP contribution in [0.15, 0.2) is 41.2 Å². The zero-order valence-electron chi connectivity index (χ0n) is 11.4. The number of hydrogen-bond acceptors (Lipinski definition) is 5. The molecule has 0 aliphatic heterocycles. The predicted octanol–water partition coefficient (Wildman–Crippen LogP) is 1.44. The molecule has 110 valence electrons. The van der Waals surface area contributed by atoms with Crippen molar-refractivity contribution in [1.29, 1.82) is 0 Å². The van der Waals surface area contributed by atoms with Crippen LogP contribution in [0.4, 0.5) is 0 Å². The summed E-state index contributed by atoms with van der Waals surface area (Å²) in [6, 6.07) is 6.49. The van der Waals surface area contributed by atoms with Crippen molar-refractivity contribution >= 4 is 17.2 Å². The molecule has 0 fully saturated rings. The van der Waals surface area contributed by atoms with Gasteiger partial charge in [-0.05, 0) is 38.3 Å². The van der Waals surface area contributed by atoms with E-state index in [1.165, 1.54) is 18.1 Å². The Labute approximate surface area is 120 Å². The summed E-state index contributed by atoms with van der Waals surface area (Å²) >= 11 is 0. The Balaban J connectivity index is 2.32. The zero-order chi connectivity index (χ0) is 15.0. The molecule has 1 aromatic carbocycles. The SMILES string of the molecule is Cc1ccc(S(=O)(=O)OCCCC/C=C/B(O)O)cc1. The summed E-state index contributed by atoms with van der Waals surface area (Å²) in [5, 5.41) is 17.1. The average molecular weight is 298 g/mol. The third-order valence-electron chi connectivity index (χ3n) is 2.62. The van der Waals surface area contributed by atoms with E-state index < -0.39 is 17.2 Å². The topological polar surface area (TPSA) is 83.8 Å². The van der Waals surface area contributed by atoms with Gasteiger partial charge in [-0.2, -0.15) is 8.42 Å². The maximum atomic E-state index is 11.8.